The minimum absolute atomic E-state index is 0.205. The van der Waals surface area contributed by atoms with Gasteiger partial charge in [0.2, 0.25) is 0 Å². The first-order valence-corrected chi connectivity index (χ1v) is 4.59. The van der Waals surface area contributed by atoms with Crippen molar-refractivity contribution >= 4 is 11.0 Å². The van der Waals surface area contributed by atoms with E-state index in [-0.39, 0.29) is 11.9 Å². The van der Waals surface area contributed by atoms with Gasteiger partial charge in [0.1, 0.15) is 12.0 Å². The SMILES string of the molecule is Cc1ncnc2c1c(F)cn2C(C)C. The van der Waals surface area contributed by atoms with E-state index in [0.717, 1.165) is 0 Å². The largest absolute Gasteiger partial charge is 0.327 e. The molecule has 2 heterocycles. The molecule has 0 N–H and O–H groups in total. The molecule has 14 heavy (non-hydrogen) atoms. The van der Waals surface area contributed by atoms with Crippen molar-refractivity contribution in [3.63, 3.8) is 0 Å². The smallest absolute Gasteiger partial charge is 0.152 e. The maximum Gasteiger partial charge on any atom is 0.152 e. The molecule has 0 atom stereocenters. The Hall–Kier alpha value is -1.45. The lowest BCUT2D eigenvalue weighted by Crippen LogP contribution is -2.00. The highest BCUT2D eigenvalue weighted by Crippen LogP contribution is 2.22. The lowest BCUT2D eigenvalue weighted by atomic mass is 10.3. The summed E-state index contributed by atoms with van der Waals surface area (Å²) in [4.78, 5) is 8.07. The van der Waals surface area contributed by atoms with Crippen molar-refractivity contribution in [3.05, 3.63) is 24.0 Å². The third-order valence-electron chi connectivity index (χ3n) is 2.31. The molecule has 0 fully saturated rings. The highest BCUT2D eigenvalue weighted by atomic mass is 19.1. The van der Waals surface area contributed by atoms with Crippen LogP contribution in [0.5, 0.6) is 0 Å². The van der Waals surface area contributed by atoms with Crippen LogP contribution in [0.3, 0.4) is 0 Å². The summed E-state index contributed by atoms with van der Waals surface area (Å²) in [6.07, 6.45) is 2.95. The van der Waals surface area contributed by atoms with Gasteiger partial charge in [-0.25, -0.2) is 14.4 Å². The first-order chi connectivity index (χ1) is 6.61. The summed E-state index contributed by atoms with van der Waals surface area (Å²) in [6, 6.07) is 0.205. The van der Waals surface area contributed by atoms with E-state index in [1.165, 1.54) is 12.5 Å². The van der Waals surface area contributed by atoms with Crippen molar-refractivity contribution in [2.24, 2.45) is 0 Å². The quantitative estimate of drug-likeness (QED) is 0.696. The van der Waals surface area contributed by atoms with Crippen LogP contribution in [0.15, 0.2) is 12.5 Å². The predicted octanol–water partition coefficient (Wildman–Crippen LogP) is 2.46. The molecule has 74 valence electrons. The summed E-state index contributed by atoms with van der Waals surface area (Å²) >= 11 is 0. The fourth-order valence-electron chi connectivity index (χ4n) is 1.58. The highest BCUT2D eigenvalue weighted by Gasteiger charge is 2.13. The molecule has 2 aromatic rings. The van der Waals surface area contributed by atoms with Crippen LogP contribution in [0.2, 0.25) is 0 Å². The van der Waals surface area contributed by atoms with Crippen LogP contribution in [-0.4, -0.2) is 14.5 Å². The summed E-state index contributed by atoms with van der Waals surface area (Å²) < 4.78 is 15.3. The molecule has 2 aromatic heterocycles. The Bertz CT molecular complexity index is 473. The molecule has 0 amide bonds. The highest BCUT2D eigenvalue weighted by molar-refractivity contribution is 5.79. The average Bonchev–Trinajstić information content (AvgIpc) is 2.45. The van der Waals surface area contributed by atoms with Crippen molar-refractivity contribution in [1.29, 1.82) is 0 Å². The van der Waals surface area contributed by atoms with Gasteiger partial charge in [0.25, 0.3) is 0 Å². The zero-order valence-electron chi connectivity index (χ0n) is 8.45. The maximum atomic E-state index is 13.5. The molecule has 0 radical (unpaired) electrons. The third-order valence-corrected chi connectivity index (χ3v) is 2.31. The van der Waals surface area contributed by atoms with Crippen LogP contribution in [0.4, 0.5) is 4.39 Å². The molecule has 0 spiro atoms. The molecule has 0 unspecified atom stereocenters. The van der Waals surface area contributed by atoms with E-state index in [1.807, 2.05) is 18.4 Å². The van der Waals surface area contributed by atoms with Crippen molar-refractivity contribution in [2.45, 2.75) is 26.8 Å². The van der Waals surface area contributed by atoms with Crippen molar-refractivity contribution in [1.82, 2.24) is 14.5 Å². The fraction of sp³-hybridized carbons (Fsp3) is 0.400. The number of aryl methyl sites for hydroxylation is 1. The van der Waals surface area contributed by atoms with Crippen LogP contribution < -0.4 is 0 Å². The van der Waals surface area contributed by atoms with E-state index in [4.69, 9.17) is 0 Å². The molecule has 0 bridgehead atoms. The molecule has 0 saturated carbocycles. The van der Waals surface area contributed by atoms with Crippen LogP contribution in [0, 0.1) is 12.7 Å². The molecule has 2 rings (SSSR count). The van der Waals surface area contributed by atoms with Gasteiger partial charge in [-0.1, -0.05) is 0 Å². The fourth-order valence-corrected chi connectivity index (χ4v) is 1.58. The molecule has 0 saturated heterocycles. The van der Waals surface area contributed by atoms with E-state index in [1.54, 1.807) is 6.92 Å². The van der Waals surface area contributed by atoms with Gasteiger partial charge >= 0.3 is 0 Å². The van der Waals surface area contributed by atoms with Crippen LogP contribution in [0.1, 0.15) is 25.6 Å². The second-order valence-corrected chi connectivity index (χ2v) is 3.64. The van der Waals surface area contributed by atoms with E-state index in [9.17, 15) is 4.39 Å². The number of rotatable bonds is 1. The Morgan fingerprint density at radius 2 is 2.07 bits per heavy atom. The molecule has 0 aliphatic carbocycles. The first kappa shape index (κ1) is 9.12. The van der Waals surface area contributed by atoms with E-state index < -0.39 is 0 Å². The van der Waals surface area contributed by atoms with Gasteiger partial charge in [-0.3, -0.25) is 0 Å². The van der Waals surface area contributed by atoms with E-state index >= 15 is 0 Å². The van der Waals surface area contributed by atoms with Crippen LogP contribution in [-0.2, 0) is 0 Å². The Labute approximate surface area is 81.6 Å². The number of aromatic nitrogens is 3. The monoisotopic (exact) mass is 193 g/mol. The number of hydrogen-bond donors (Lipinski definition) is 0. The van der Waals surface area contributed by atoms with Gasteiger partial charge in [-0.2, -0.15) is 0 Å². The number of fused-ring (bicyclic) bond motifs is 1. The van der Waals surface area contributed by atoms with Crippen LogP contribution in [0.25, 0.3) is 11.0 Å². The summed E-state index contributed by atoms with van der Waals surface area (Å²) in [5.74, 6) is -0.244. The molecule has 0 aromatic carbocycles. The Balaban J connectivity index is 2.84. The van der Waals surface area contributed by atoms with Gasteiger partial charge in [-0.15, -0.1) is 0 Å². The zero-order valence-corrected chi connectivity index (χ0v) is 8.45. The maximum absolute atomic E-state index is 13.5. The topological polar surface area (TPSA) is 30.7 Å². The molecular weight excluding hydrogens is 181 g/mol. The lowest BCUT2D eigenvalue weighted by Gasteiger charge is -2.07. The Kier molecular flexibility index (Phi) is 1.98. The Morgan fingerprint density at radius 3 is 2.71 bits per heavy atom. The number of hydrogen-bond acceptors (Lipinski definition) is 2. The molecule has 0 aliphatic rings. The lowest BCUT2D eigenvalue weighted by molar-refractivity contribution is 0.585. The first-order valence-electron chi connectivity index (χ1n) is 4.59. The van der Waals surface area contributed by atoms with Crippen molar-refractivity contribution in [2.75, 3.05) is 0 Å². The summed E-state index contributed by atoms with van der Waals surface area (Å²) in [5.41, 5.74) is 1.36. The zero-order chi connectivity index (χ0) is 10.3. The summed E-state index contributed by atoms with van der Waals surface area (Å²) in [6.45, 7) is 5.78. The van der Waals surface area contributed by atoms with Gasteiger partial charge in [0.05, 0.1) is 11.1 Å². The second kappa shape index (κ2) is 3.04. The van der Waals surface area contributed by atoms with Gasteiger partial charge in [-0.05, 0) is 20.8 Å². The van der Waals surface area contributed by atoms with Crippen molar-refractivity contribution < 1.29 is 4.39 Å². The van der Waals surface area contributed by atoms with Crippen LogP contribution >= 0.6 is 0 Å². The van der Waals surface area contributed by atoms with Gasteiger partial charge in [0.15, 0.2) is 5.82 Å². The second-order valence-electron chi connectivity index (χ2n) is 3.64. The molecular formula is C10H12FN3. The Morgan fingerprint density at radius 1 is 1.36 bits per heavy atom. The molecule has 4 heteroatoms. The van der Waals surface area contributed by atoms with Gasteiger partial charge in [0, 0.05) is 12.2 Å². The summed E-state index contributed by atoms with van der Waals surface area (Å²) in [5, 5.41) is 0.529. The number of nitrogens with zero attached hydrogens (tertiary/aromatic N) is 3. The van der Waals surface area contributed by atoms with Crippen molar-refractivity contribution in [3.8, 4) is 0 Å². The molecule has 3 nitrogen and oxygen atoms in total. The summed E-state index contributed by atoms with van der Waals surface area (Å²) in [7, 11) is 0. The van der Waals surface area contributed by atoms with E-state index in [2.05, 4.69) is 9.97 Å². The number of halogens is 1. The normalized spacial score (nSPS) is 11.5. The standard InChI is InChI=1S/C10H12FN3/c1-6(2)14-4-8(11)9-7(3)12-5-13-10(9)14/h4-6H,1-3H3. The molecule has 0 aliphatic heterocycles. The predicted molar refractivity (Wildman–Crippen MR) is 52.6 cm³/mol. The van der Waals surface area contributed by atoms with E-state index in [0.29, 0.717) is 16.7 Å². The third kappa shape index (κ3) is 1.18. The minimum Gasteiger partial charge on any atom is -0.327 e. The average molecular weight is 193 g/mol. The minimum atomic E-state index is -0.244. The van der Waals surface area contributed by atoms with Gasteiger partial charge < -0.3 is 4.57 Å².